The summed E-state index contributed by atoms with van der Waals surface area (Å²) in [7, 11) is 2.74. The van der Waals surface area contributed by atoms with Crippen LogP contribution in [-0.2, 0) is 22.4 Å². The molecule has 4 rings (SSSR count). The van der Waals surface area contributed by atoms with Crippen LogP contribution < -0.4 is 38.3 Å². The third kappa shape index (κ3) is 10.8. The first-order chi connectivity index (χ1) is 25.7. The molecule has 0 atom stereocenters. The highest BCUT2D eigenvalue weighted by Crippen LogP contribution is 2.33. The Kier molecular flexibility index (Phi) is 14.6. The number of nitrogens with two attached hydrogens (primary N) is 4. The van der Waals surface area contributed by atoms with Gasteiger partial charge in [0, 0.05) is 49.2 Å². The van der Waals surface area contributed by atoms with E-state index in [0.717, 1.165) is 12.1 Å². The summed E-state index contributed by atoms with van der Waals surface area (Å²) in [6.07, 6.45) is 15.6. The maximum absolute atomic E-state index is 15.5. The highest BCUT2D eigenvalue weighted by molar-refractivity contribution is 6.07. The third-order valence-electron chi connectivity index (χ3n) is 7.45. The molecule has 284 valence electrons. The molecule has 0 fully saturated rings. The van der Waals surface area contributed by atoms with E-state index in [-0.39, 0.29) is 64.6 Å². The van der Waals surface area contributed by atoms with E-state index in [9.17, 15) is 33.8 Å². The molecule has 54 heavy (non-hydrogen) atoms. The number of methoxy groups -OCH3 is 1. The number of aryl methyl sites for hydroxylation is 1. The fourth-order valence-electron chi connectivity index (χ4n) is 4.70. The fraction of sp³-hybridized carbons (Fsp3) is 0.143. The SMILES string of the molecule is CNc1cc(CCCc2c(OC)cc(NC(=O)/C(N)=C/C=C(\N)n3ccnc3)c(C(=O)O)c2F)c(F)cc1C(=O)O.N/C(C=O)=C\C=C(/N)n1ccnc1. The second-order valence-electron chi connectivity index (χ2n) is 11.0. The van der Waals surface area contributed by atoms with Gasteiger partial charge in [-0.2, -0.15) is 0 Å². The van der Waals surface area contributed by atoms with Crippen molar-refractivity contribution in [3.05, 3.63) is 125 Å². The van der Waals surface area contributed by atoms with E-state index in [1.54, 1.807) is 29.5 Å². The predicted octanol–water partition coefficient (Wildman–Crippen LogP) is 2.70. The summed E-state index contributed by atoms with van der Waals surface area (Å²) in [5.74, 6) is -5.16. The molecule has 19 heteroatoms. The Labute approximate surface area is 306 Å². The standard InChI is InChI=1S/C27H28F2N6O6.C8H10N4O/c1-32-19-10-14(17(28)11-16(19)26(37)38)4-3-5-15-21(41-2)12-20(23(24(15)29)27(39)40)34-25(36)18(30)6-7-22(31)35-9-8-33-13-35;9-7(5-13)1-2-8(10)12-4-3-11-6-12/h6-13,32H,3-5,30-31H2,1-2H3,(H,34,36)(H,37,38)(H,39,40);1-6H,9-10H2/b18-6-,22-7+;7-1-,8-2+. The highest BCUT2D eigenvalue weighted by atomic mass is 19.1. The average molecular weight is 749 g/mol. The van der Waals surface area contributed by atoms with Gasteiger partial charge in [-0.3, -0.25) is 18.7 Å². The minimum absolute atomic E-state index is 0.0489. The van der Waals surface area contributed by atoms with Gasteiger partial charge < -0.3 is 48.5 Å². The number of carboxylic acid groups (broad SMARTS) is 2. The number of hydrogen-bond donors (Lipinski definition) is 8. The number of anilines is 2. The van der Waals surface area contributed by atoms with Gasteiger partial charge in [-0.25, -0.2) is 28.3 Å². The number of imidazole rings is 2. The Bertz CT molecular complexity index is 2110. The molecular weight excluding hydrogens is 710 g/mol. The van der Waals surface area contributed by atoms with Crippen LogP contribution in [0.15, 0.2) is 91.3 Å². The number of amides is 1. The summed E-state index contributed by atoms with van der Waals surface area (Å²) in [6, 6.07) is 3.40. The number of ether oxygens (including phenoxy) is 1. The van der Waals surface area contributed by atoms with Gasteiger partial charge in [0.2, 0.25) is 0 Å². The summed E-state index contributed by atoms with van der Waals surface area (Å²) >= 11 is 0. The maximum atomic E-state index is 15.5. The molecule has 0 spiro atoms. The van der Waals surface area contributed by atoms with Crippen molar-refractivity contribution in [1.82, 2.24) is 19.1 Å². The number of carbonyl (C=O) groups excluding carboxylic acids is 2. The Morgan fingerprint density at radius 2 is 1.48 bits per heavy atom. The first-order valence-corrected chi connectivity index (χ1v) is 15.7. The summed E-state index contributed by atoms with van der Waals surface area (Å²) < 4.78 is 38.4. The Morgan fingerprint density at radius 1 is 0.870 bits per heavy atom. The van der Waals surface area contributed by atoms with E-state index in [4.69, 9.17) is 27.7 Å². The molecule has 2 heterocycles. The second-order valence-corrected chi connectivity index (χ2v) is 11.0. The van der Waals surface area contributed by atoms with Crippen LogP contribution in [0, 0.1) is 11.6 Å². The number of halogens is 2. The van der Waals surface area contributed by atoms with Crippen LogP contribution in [0.2, 0.25) is 0 Å². The molecule has 0 bridgehead atoms. The number of nitrogens with one attached hydrogen (secondary N) is 2. The van der Waals surface area contributed by atoms with E-state index in [2.05, 4.69) is 20.6 Å². The summed E-state index contributed by atoms with van der Waals surface area (Å²) in [4.78, 5) is 53.7. The number of carboxylic acids is 2. The second kappa shape index (κ2) is 19.2. The van der Waals surface area contributed by atoms with Crippen LogP contribution in [-0.4, -0.2) is 67.6 Å². The van der Waals surface area contributed by atoms with Crippen molar-refractivity contribution < 1.29 is 42.9 Å². The van der Waals surface area contributed by atoms with Crippen molar-refractivity contribution in [1.29, 1.82) is 0 Å². The molecule has 1 amide bonds. The largest absolute Gasteiger partial charge is 0.496 e. The third-order valence-corrected chi connectivity index (χ3v) is 7.45. The van der Waals surface area contributed by atoms with Gasteiger partial charge in [-0.15, -0.1) is 0 Å². The lowest BCUT2D eigenvalue weighted by Crippen LogP contribution is -2.22. The van der Waals surface area contributed by atoms with Gasteiger partial charge in [-0.1, -0.05) is 0 Å². The number of aldehydes is 1. The van der Waals surface area contributed by atoms with Gasteiger partial charge in [-0.05, 0) is 61.3 Å². The van der Waals surface area contributed by atoms with Crippen LogP contribution in [0.3, 0.4) is 0 Å². The molecule has 0 unspecified atom stereocenters. The van der Waals surface area contributed by atoms with Crippen LogP contribution >= 0.6 is 0 Å². The van der Waals surface area contributed by atoms with Crippen molar-refractivity contribution in [3.63, 3.8) is 0 Å². The molecule has 4 aromatic rings. The molecule has 0 saturated heterocycles. The van der Waals surface area contributed by atoms with Gasteiger partial charge in [0.15, 0.2) is 6.29 Å². The Morgan fingerprint density at radius 3 is 1.98 bits per heavy atom. The topological polar surface area (TPSA) is 282 Å². The lowest BCUT2D eigenvalue weighted by atomic mass is 9.98. The first-order valence-electron chi connectivity index (χ1n) is 15.7. The number of carbonyl (C=O) groups is 4. The zero-order chi connectivity index (χ0) is 39.9. The molecule has 12 N–H and O–H groups in total. The van der Waals surface area contributed by atoms with Gasteiger partial charge in [0.05, 0.1) is 29.8 Å². The molecule has 2 aromatic heterocycles. The van der Waals surface area contributed by atoms with Crippen molar-refractivity contribution in [2.24, 2.45) is 22.9 Å². The number of allylic oxidation sites excluding steroid dienone is 5. The highest BCUT2D eigenvalue weighted by Gasteiger charge is 2.25. The summed E-state index contributed by atoms with van der Waals surface area (Å²) in [5, 5.41) is 23.9. The molecule has 17 nitrogen and oxygen atoms in total. The lowest BCUT2D eigenvalue weighted by molar-refractivity contribution is -0.113. The Hall–Kier alpha value is -7.44. The molecular formula is C35H38F2N10O7. The maximum Gasteiger partial charge on any atom is 0.340 e. The van der Waals surface area contributed by atoms with Crippen molar-refractivity contribution in [3.8, 4) is 5.75 Å². The van der Waals surface area contributed by atoms with Crippen molar-refractivity contribution in [2.45, 2.75) is 19.3 Å². The van der Waals surface area contributed by atoms with Gasteiger partial charge >= 0.3 is 11.9 Å². The summed E-state index contributed by atoms with van der Waals surface area (Å²) in [6.45, 7) is 0. The van der Waals surface area contributed by atoms with Gasteiger partial charge in [0.1, 0.15) is 47.2 Å². The normalized spacial score (nSPS) is 12.0. The molecule has 0 radical (unpaired) electrons. The van der Waals surface area contributed by atoms with Gasteiger partial charge in [0.25, 0.3) is 5.91 Å². The van der Waals surface area contributed by atoms with Crippen molar-refractivity contribution in [2.75, 3.05) is 24.8 Å². The quantitative estimate of drug-likeness (QED) is 0.0493. The van der Waals surface area contributed by atoms with E-state index in [1.807, 2.05) is 0 Å². The first kappa shape index (κ1) is 41.0. The minimum atomic E-state index is -1.65. The van der Waals surface area contributed by atoms with Crippen molar-refractivity contribution >= 4 is 47.1 Å². The van der Waals surface area contributed by atoms with Crippen LogP contribution in [0.5, 0.6) is 5.75 Å². The number of nitrogens with zero attached hydrogens (tertiary/aromatic N) is 4. The van der Waals surface area contributed by atoms with E-state index >= 15 is 4.39 Å². The lowest BCUT2D eigenvalue weighted by Gasteiger charge is -2.16. The predicted molar refractivity (Wildman–Crippen MR) is 195 cm³/mol. The number of benzene rings is 2. The number of aromatic nitrogens is 4. The molecule has 0 aliphatic rings. The van der Waals surface area contributed by atoms with Crippen LogP contribution in [0.25, 0.3) is 11.6 Å². The van der Waals surface area contributed by atoms with E-state index < -0.39 is 40.7 Å². The zero-order valence-electron chi connectivity index (χ0n) is 29.0. The van der Waals surface area contributed by atoms with E-state index in [0.29, 0.717) is 12.1 Å². The fourth-order valence-corrected chi connectivity index (χ4v) is 4.70. The number of aromatic carboxylic acids is 2. The van der Waals surface area contributed by atoms with E-state index in [1.165, 1.54) is 61.6 Å². The zero-order valence-corrected chi connectivity index (χ0v) is 29.0. The monoisotopic (exact) mass is 748 g/mol. The van der Waals surface area contributed by atoms with Crippen LogP contribution in [0.4, 0.5) is 20.2 Å². The molecule has 2 aromatic carbocycles. The Balaban J connectivity index is 0.000000507. The summed E-state index contributed by atoms with van der Waals surface area (Å²) in [5.41, 5.74) is 21.1. The van der Waals surface area contributed by atoms with Crippen LogP contribution in [0.1, 0.15) is 38.3 Å². The smallest absolute Gasteiger partial charge is 0.340 e. The molecule has 0 saturated carbocycles. The average Bonchev–Trinajstić information content (AvgIpc) is 3.90. The number of rotatable bonds is 15. The molecule has 0 aliphatic carbocycles. The minimum Gasteiger partial charge on any atom is -0.496 e. The number of hydrogen-bond acceptors (Lipinski definition) is 12. The molecule has 0 aliphatic heterocycles.